The number of nitrogens with zero attached hydrogens (tertiary/aromatic N) is 2. The summed E-state index contributed by atoms with van der Waals surface area (Å²) in [5.74, 6) is -1.61. The van der Waals surface area contributed by atoms with Gasteiger partial charge in [-0.2, -0.15) is 4.98 Å². The van der Waals surface area contributed by atoms with E-state index in [0.717, 1.165) is 18.6 Å². The lowest BCUT2D eigenvalue weighted by Gasteiger charge is -2.12. The number of rotatable bonds is 7. The van der Waals surface area contributed by atoms with Crippen molar-refractivity contribution in [3.63, 3.8) is 0 Å². The summed E-state index contributed by atoms with van der Waals surface area (Å²) in [7, 11) is 0. The number of imidazole rings is 1. The van der Waals surface area contributed by atoms with Crippen LogP contribution in [0.15, 0.2) is 28.9 Å². The fraction of sp³-hybridized carbons (Fsp3) is 0.333. The molecule has 2 aromatic rings. The predicted molar refractivity (Wildman–Crippen MR) is 85.0 cm³/mol. The second kappa shape index (κ2) is 7.77. The number of benzene rings is 1. The zero-order valence-electron chi connectivity index (χ0n) is 13.0. The fourth-order valence-electron chi connectivity index (χ4n) is 2.05. The van der Waals surface area contributed by atoms with Crippen molar-refractivity contribution >= 4 is 21.9 Å². The number of ether oxygens (including phenoxy) is 2. The van der Waals surface area contributed by atoms with Gasteiger partial charge in [-0.25, -0.2) is 4.79 Å². The van der Waals surface area contributed by atoms with Crippen molar-refractivity contribution in [2.24, 2.45) is 0 Å². The van der Waals surface area contributed by atoms with E-state index in [9.17, 15) is 23.1 Å². The van der Waals surface area contributed by atoms with Gasteiger partial charge in [-0.1, -0.05) is 19.4 Å². The van der Waals surface area contributed by atoms with Gasteiger partial charge in [0.15, 0.2) is 5.69 Å². The number of carboxylic acid groups (broad SMARTS) is 1. The first-order chi connectivity index (χ1) is 11.7. The number of alkyl halides is 3. The summed E-state index contributed by atoms with van der Waals surface area (Å²) in [6.45, 7) is 2.27. The van der Waals surface area contributed by atoms with Crippen LogP contribution in [0.3, 0.4) is 0 Å². The monoisotopic (exact) mass is 422 g/mol. The molecule has 0 amide bonds. The van der Waals surface area contributed by atoms with E-state index in [1.807, 2.05) is 6.92 Å². The van der Waals surface area contributed by atoms with Gasteiger partial charge in [0.2, 0.25) is 0 Å². The highest BCUT2D eigenvalue weighted by molar-refractivity contribution is 9.10. The Labute approximate surface area is 149 Å². The van der Waals surface area contributed by atoms with E-state index in [1.165, 1.54) is 16.7 Å². The van der Waals surface area contributed by atoms with Crippen LogP contribution in [0.1, 0.15) is 30.3 Å². The Balaban J connectivity index is 2.32. The van der Waals surface area contributed by atoms with Gasteiger partial charge in [0.25, 0.3) is 0 Å². The fourth-order valence-corrected chi connectivity index (χ4v) is 2.59. The lowest BCUT2D eigenvalue weighted by molar-refractivity contribution is -0.274. The smallest absolute Gasteiger partial charge is 0.476 e. The van der Waals surface area contributed by atoms with Gasteiger partial charge >= 0.3 is 18.3 Å². The molecule has 0 atom stereocenters. The molecule has 1 N–H and O–H groups in total. The highest BCUT2D eigenvalue weighted by Crippen LogP contribution is 2.31. The molecule has 0 saturated carbocycles. The summed E-state index contributed by atoms with van der Waals surface area (Å²) in [6, 6.07) is 4.87. The quantitative estimate of drug-likeness (QED) is 0.691. The molecule has 1 aromatic carbocycles. The minimum atomic E-state index is -4.82. The summed E-state index contributed by atoms with van der Waals surface area (Å²) in [4.78, 5) is 15.4. The second-order valence-electron chi connectivity index (χ2n) is 4.97. The van der Waals surface area contributed by atoms with E-state index in [4.69, 9.17) is 4.74 Å². The van der Waals surface area contributed by atoms with E-state index in [1.54, 1.807) is 0 Å². The molecule has 0 aliphatic heterocycles. The summed E-state index contributed by atoms with van der Waals surface area (Å²) in [5.41, 5.74) is -0.0915. The molecule has 136 valence electrons. The first-order valence-corrected chi connectivity index (χ1v) is 8.03. The Kier molecular flexibility index (Phi) is 5.93. The molecule has 1 heterocycles. The number of carbonyl (C=O) groups is 1. The Hall–Kier alpha value is -2.23. The van der Waals surface area contributed by atoms with Crippen LogP contribution < -0.4 is 9.47 Å². The molecule has 25 heavy (non-hydrogen) atoms. The van der Waals surface area contributed by atoms with Crippen molar-refractivity contribution in [2.75, 3.05) is 0 Å². The van der Waals surface area contributed by atoms with E-state index < -0.39 is 18.1 Å². The second-order valence-corrected chi connectivity index (χ2v) is 5.72. The molecule has 0 aliphatic rings. The maximum atomic E-state index is 12.3. The topological polar surface area (TPSA) is 73.6 Å². The van der Waals surface area contributed by atoms with E-state index in [-0.39, 0.29) is 22.1 Å². The number of aromatic carboxylic acids is 1. The number of aromatic nitrogens is 2. The maximum absolute atomic E-state index is 12.3. The highest BCUT2D eigenvalue weighted by Gasteiger charge is 2.31. The standard InChI is InChI=1S/C15H14BrF3N2O4/c1-2-3-7-21-11(13(22)23)12(16)20-14(21)24-9-5-4-6-10(8-9)25-15(17,18)19/h4-6,8H,2-3,7H2,1H3,(H,22,23). The van der Waals surface area contributed by atoms with Gasteiger partial charge in [0.05, 0.1) is 0 Å². The molecular formula is C15H14BrF3N2O4. The van der Waals surface area contributed by atoms with Crippen molar-refractivity contribution in [3.05, 3.63) is 34.6 Å². The zero-order valence-corrected chi connectivity index (χ0v) is 14.6. The molecule has 0 bridgehead atoms. The van der Waals surface area contributed by atoms with E-state index in [2.05, 4.69) is 25.7 Å². The van der Waals surface area contributed by atoms with Gasteiger partial charge in [-0.15, -0.1) is 13.2 Å². The molecule has 10 heteroatoms. The molecule has 0 saturated heterocycles. The third kappa shape index (κ3) is 5.12. The number of hydrogen-bond acceptors (Lipinski definition) is 4. The average molecular weight is 423 g/mol. The zero-order chi connectivity index (χ0) is 18.6. The normalized spacial score (nSPS) is 11.4. The first kappa shape index (κ1) is 19.1. The van der Waals surface area contributed by atoms with Crippen LogP contribution in [0.25, 0.3) is 0 Å². The molecule has 1 aromatic heterocycles. The molecule has 2 rings (SSSR count). The summed E-state index contributed by atoms with van der Waals surface area (Å²) in [6.07, 6.45) is -3.34. The predicted octanol–water partition coefficient (Wildman–Crippen LogP) is 4.83. The summed E-state index contributed by atoms with van der Waals surface area (Å²) in [5, 5.41) is 9.31. The van der Waals surface area contributed by atoms with Crippen LogP contribution in [0, 0.1) is 0 Å². The van der Waals surface area contributed by atoms with Gasteiger partial charge in [-0.05, 0) is 34.5 Å². The van der Waals surface area contributed by atoms with E-state index in [0.29, 0.717) is 13.0 Å². The third-order valence-electron chi connectivity index (χ3n) is 3.08. The van der Waals surface area contributed by atoms with Crippen molar-refractivity contribution in [3.8, 4) is 17.5 Å². The van der Waals surface area contributed by atoms with Crippen molar-refractivity contribution in [2.45, 2.75) is 32.7 Å². The molecule has 6 nitrogen and oxygen atoms in total. The van der Waals surface area contributed by atoms with Gasteiger partial charge in [0.1, 0.15) is 16.1 Å². The Bertz CT molecular complexity index is 762. The molecular weight excluding hydrogens is 409 g/mol. The van der Waals surface area contributed by atoms with Crippen LogP contribution in [-0.2, 0) is 6.54 Å². The van der Waals surface area contributed by atoms with Crippen LogP contribution in [0.4, 0.5) is 13.2 Å². The molecule has 0 unspecified atom stereocenters. The van der Waals surface area contributed by atoms with E-state index >= 15 is 0 Å². The minimum absolute atomic E-state index is 0.0361. The number of halogens is 4. The van der Waals surface area contributed by atoms with Crippen LogP contribution in [0.2, 0.25) is 0 Å². The van der Waals surface area contributed by atoms with Crippen LogP contribution in [0.5, 0.6) is 17.5 Å². The first-order valence-electron chi connectivity index (χ1n) is 7.24. The highest BCUT2D eigenvalue weighted by atomic mass is 79.9. The molecule has 0 aliphatic carbocycles. The molecule has 0 fully saturated rings. The average Bonchev–Trinajstić information content (AvgIpc) is 2.79. The van der Waals surface area contributed by atoms with Crippen molar-refractivity contribution in [1.82, 2.24) is 9.55 Å². The number of hydrogen-bond donors (Lipinski definition) is 1. The Morgan fingerprint density at radius 2 is 2.04 bits per heavy atom. The van der Waals surface area contributed by atoms with Gasteiger partial charge < -0.3 is 14.6 Å². The van der Waals surface area contributed by atoms with Gasteiger partial charge in [-0.3, -0.25) is 4.57 Å². The lowest BCUT2D eigenvalue weighted by Crippen LogP contribution is -2.17. The third-order valence-corrected chi connectivity index (χ3v) is 3.63. The largest absolute Gasteiger partial charge is 0.573 e. The minimum Gasteiger partial charge on any atom is -0.476 e. The van der Waals surface area contributed by atoms with Crippen LogP contribution >= 0.6 is 15.9 Å². The van der Waals surface area contributed by atoms with Gasteiger partial charge in [0, 0.05) is 12.6 Å². The molecule has 0 radical (unpaired) electrons. The van der Waals surface area contributed by atoms with Crippen molar-refractivity contribution < 1.29 is 32.5 Å². The molecule has 0 spiro atoms. The maximum Gasteiger partial charge on any atom is 0.573 e. The summed E-state index contributed by atoms with van der Waals surface area (Å²) >= 11 is 3.06. The number of unbranched alkanes of at least 4 members (excludes halogenated alkanes) is 1. The lowest BCUT2D eigenvalue weighted by atomic mass is 10.3. The van der Waals surface area contributed by atoms with Crippen molar-refractivity contribution in [1.29, 1.82) is 0 Å². The Morgan fingerprint density at radius 3 is 2.64 bits per heavy atom. The SMILES string of the molecule is CCCCn1c(Oc2cccc(OC(F)(F)F)c2)nc(Br)c1C(=O)O. The summed E-state index contributed by atoms with van der Waals surface area (Å²) < 4.78 is 47.6. The number of carboxylic acids is 1. The van der Waals surface area contributed by atoms with Crippen LogP contribution in [-0.4, -0.2) is 27.0 Å². The Morgan fingerprint density at radius 1 is 1.36 bits per heavy atom.